The second-order valence-electron chi connectivity index (χ2n) is 6.81. The van der Waals surface area contributed by atoms with Crippen molar-refractivity contribution in [2.24, 2.45) is 7.05 Å². The van der Waals surface area contributed by atoms with Gasteiger partial charge < -0.3 is 14.6 Å². The van der Waals surface area contributed by atoms with Gasteiger partial charge >= 0.3 is 0 Å². The predicted octanol–water partition coefficient (Wildman–Crippen LogP) is 2.79. The van der Waals surface area contributed by atoms with Crippen molar-refractivity contribution < 1.29 is 4.74 Å². The molecule has 2 aliphatic rings. The third-order valence-corrected chi connectivity index (χ3v) is 5.23. The van der Waals surface area contributed by atoms with Crippen molar-refractivity contribution >= 4 is 0 Å². The molecule has 2 heterocycles. The summed E-state index contributed by atoms with van der Waals surface area (Å²) in [4.78, 5) is 4.52. The van der Waals surface area contributed by atoms with Crippen molar-refractivity contribution in [1.29, 1.82) is 0 Å². The molecule has 4 rings (SSSR count). The van der Waals surface area contributed by atoms with Gasteiger partial charge in [-0.05, 0) is 43.2 Å². The largest absolute Gasteiger partial charge is 0.369 e. The van der Waals surface area contributed by atoms with Gasteiger partial charge in [0.25, 0.3) is 0 Å². The Morgan fingerprint density at radius 3 is 2.91 bits per heavy atom. The summed E-state index contributed by atoms with van der Waals surface area (Å²) in [6.07, 6.45) is 9.73. The number of hydrogen-bond acceptors (Lipinski definition) is 3. The van der Waals surface area contributed by atoms with Crippen LogP contribution in [0.25, 0.3) is 0 Å². The lowest BCUT2D eigenvalue weighted by atomic mass is 9.87. The molecule has 0 amide bonds. The second kappa shape index (κ2) is 6.46. The maximum absolute atomic E-state index is 6.08. The molecule has 0 spiro atoms. The Morgan fingerprint density at radius 1 is 1.22 bits per heavy atom. The maximum atomic E-state index is 6.08. The van der Waals surface area contributed by atoms with Crippen LogP contribution < -0.4 is 5.32 Å². The summed E-state index contributed by atoms with van der Waals surface area (Å²) in [7, 11) is 2.05. The normalized spacial score (nSPS) is 27.6. The zero-order valence-corrected chi connectivity index (χ0v) is 13.7. The van der Waals surface area contributed by atoms with Gasteiger partial charge in [-0.3, -0.25) is 0 Å². The van der Waals surface area contributed by atoms with Gasteiger partial charge in [-0.15, -0.1) is 0 Å². The Morgan fingerprint density at radius 2 is 2.09 bits per heavy atom. The molecule has 0 bridgehead atoms. The van der Waals surface area contributed by atoms with Crippen LogP contribution in [-0.2, 0) is 24.6 Å². The number of nitrogens with one attached hydrogen (secondary N) is 1. The van der Waals surface area contributed by atoms with E-state index < -0.39 is 0 Å². The molecule has 4 nitrogen and oxygen atoms in total. The third kappa shape index (κ3) is 3.06. The highest BCUT2D eigenvalue weighted by atomic mass is 16.5. The zero-order valence-electron chi connectivity index (χ0n) is 13.7. The third-order valence-electron chi connectivity index (χ3n) is 5.23. The first-order valence-electron chi connectivity index (χ1n) is 8.73. The first kappa shape index (κ1) is 14.9. The van der Waals surface area contributed by atoms with Gasteiger partial charge in [-0.2, -0.15) is 0 Å². The van der Waals surface area contributed by atoms with Crippen LogP contribution in [0.2, 0.25) is 0 Å². The quantitative estimate of drug-likeness (QED) is 0.947. The van der Waals surface area contributed by atoms with Crippen LogP contribution in [0.1, 0.15) is 42.3 Å². The van der Waals surface area contributed by atoms with Gasteiger partial charge in [0.1, 0.15) is 11.9 Å². The van der Waals surface area contributed by atoms with Crippen molar-refractivity contribution in [2.75, 3.05) is 6.61 Å². The van der Waals surface area contributed by atoms with Crippen molar-refractivity contribution in [3.63, 3.8) is 0 Å². The topological polar surface area (TPSA) is 39.1 Å². The fraction of sp³-hybridized carbons (Fsp3) is 0.526. The van der Waals surface area contributed by atoms with Crippen LogP contribution >= 0.6 is 0 Å². The minimum Gasteiger partial charge on any atom is -0.369 e. The predicted molar refractivity (Wildman–Crippen MR) is 90.3 cm³/mol. The van der Waals surface area contributed by atoms with E-state index in [0.717, 1.165) is 31.7 Å². The van der Waals surface area contributed by atoms with Gasteiger partial charge in [0.15, 0.2) is 0 Å². The Hall–Kier alpha value is -1.65. The van der Waals surface area contributed by atoms with Crippen molar-refractivity contribution in [2.45, 2.75) is 50.3 Å². The SMILES string of the molecule is Cn1ccnc1[C@H]1OCCC[C@@H]1NC1CCc2ccccc2C1. The number of ether oxygens (including phenoxy) is 1. The molecule has 1 aliphatic carbocycles. The smallest absolute Gasteiger partial charge is 0.139 e. The van der Waals surface area contributed by atoms with Crippen molar-refractivity contribution in [3.8, 4) is 0 Å². The molecular weight excluding hydrogens is 286 g/mol. The van der Waals surface area contributed by atoms with Gasteiger partial charge in [0, 0.05) is 38.1 Å². The Labute approximate surface area is 137 Å². The fourth-order valence-corrected chi connectivity index (χ4v) is 4.00. The summed E-state index contributed by atoms with van der Waals surface area (Å²) in [5.41, 5.74) is 3.02. The lowest BCUT2D eigenvalue weighted by Gasteiger charge is -2.36. The Bertz CT molecular complexity index is 666. The Kier molecular flexibility index (Phi) is 4.19. The number of fused-ring (bicyclic) bond motifs is 1. The average Bonchev–Trinajstić information content (AvgIpc) is 3.01. The number of aryl methyl sites for hydroxylation is 2. The van der Waals surface area contributed by atoms with E-state index in [9.17, 15) is 0 Å². The molecule has 1 aliphatic heterocycles. The summed E-state index contributed by atoms with van der Waals surface area (Å²) >= 11 is 0. The van der Waals surface area contributed by atoms with Gasteiger partial charge in [-0.1, -0.05) is 24.3 Å². The lowest BCUT2D eigenvalue weighted by molar-refractivity contribution is -0.0208. The van der Waals surface area contributed by atoms with E-state index in [1.807, 2.05) is 19.4 Å². The number of rotatable bonds is 3. The van der Waals surface area contributed by atoms with Gasteiger partial charge in [-0.25, -0.2) is 4.98 Å². The monoisotopic (exact) mass is 311 g/mol. The molecule has 0 saturated carbocycles. The molecule has 1 aromatic carbocycles. The standard InChI is InChI=1S/C19H25N3O/c1-22-11-10-20-19(22)18-17(7-4-12-23-18)21-16-9-8-14-5-2-3-6-15(14)13-16/h2-3,5-6,10-11,16-18,21H,4,7-9,12-13H2,1H3/t16?,17-,18-/m0/s1. The first-order valence-corrected chi connectivity index (χ1v) is 8.73. The molecule has 2 aromatic rings. The fourth-order valence-electron chi connectivity index (χ4n) is 4.00. The minimum absolute atomic E-state index is 0.0703. The summed E-state index contributed by atoms with van der Waals surface area (Å²) in [5.74, 6) is 1.04. The number of nitrogens with zero attached hydrogens (tertiary/aromatic N) is 2. The molecular formula is C19H25N3O. The van der Waals surface area contributed by atoms with Gasteiger partial charge in [0.2, 0.25) is 0 Å². The van der Waals surface area contributed by atoms with E-state index in [1.165, 1.54) is 24.0 Å². The van der Waals surface area contributed by atoms with Crippen LogP contribution in [0.5, 0.6) is 0 Å². The summed E-state index contributed by atoms with van der Waals surface area (Å²) in [6.45, 7) is 0.837. The molecule has 1 fully saturated rings. The van der Waals surface area contributed by atoms with E-state index in [1.54, 1.807) is 0 Å². The number of benzene rings is 1. The molecule has 23 heavy (non-hydrogen) atoms. The molecule has 1 unspecified atom stereocenters. The molecule has 4 heteroatoms. The van der Waals surface area contributed by atoms with Crippen LogP contribution in [0.3, 0.4) is 0 Å². The van der Waals surface area contributed by atoms with E-state index in [4.69, 9.17) is 4.74 Å². The molecule has 0 radical (unpaired) electrons. The average molecular weight is 311 g/mol. The van der Waals surface area contributed by atoms with Crippen molar-refractivity contribution in [3.05, 3.63) is 53.6 Å². The second-order valence-corrected chi connectivity index (χ2v) is 6.81. The van der Waals surface area contributed by atoms with Crippen LogP contribution in [0.15, 0.2) is 36.7 Å². The molecule has 3 atom stereocenters. The minimum atomic E-state index is 0.0703. The highest BCUT2D eigenvalue weighted by Gasteiger charge is 2.32. The highest BCUT2D eigenvalue weighted by molar-refractivity contribution is 5.30. The van der Waals surface area contributed by atoms with Crippen LogP contribution in [-0.4, -0.2) is 28.2 Å². The summed E-state index contributed by atoms with van der Waals surface area (Å²) in [6, 6.07) is 9.75. The van der Waals surface area contributed by atoms with Crippen LogP contribution in [0, 0.1) is 0 Å². The molecule has 122 valence electrons. The van der Waals surface area contributed by atoms with E-state index >= 15 is 0 Å². The maximum Gasteiger partial charge on any atom is 0.139 e. The van der Waals surface area contributed by atoms with Crippen LogP contribution in [0.4, 0.5) is 0 Å². The summed E-state index contributed by atoms with van der Waals surface area (Å²) < 4.78 is 8.17. The number of imidazole rings is 1. The van der Waals surface area contributed by atoms with Gasteiger partial charge in [0.05, 0.1) is 0 Å². The summed E-state index contributed by atoms with van der Waals surface area (Å²) in [5, 5.41) is 3.89. The zero-order chi connectivity index (χ0) is 15.6. The first-order chi connectivity index (χ1) is 11.3. The number of hydrogen-bond donors (Lipinski definition) is 1. The van der Waals surface area contributed by atoms with E-state index in [2.05, 4.69) is 39.1 Å². The van der Waals surface area contributed by atoms with Crippen molar-refractivity contribution in [1.82, 2.24) is 14.9 Å². The Balaban J connectivity index is 1.48. The molecule has 1 aromatic heterocycles. The highest BCUT2D eigenvalue weighted by Crippen LogP contribution is 2.29. The molecule has 1 saturated heterocycles. The molecule has 1 N–H and O–H groups in total. The lowest BCUT2D eigenvalue weighted by Crippen LogP contribution is -2.47. The number of aromatic nitrogens is 2. The van der Waals surface area contributed by atoms with E-state index in [-0.39, 0.29) is 6.10 Å². The van der Waals surface area contributed by atoms with E-state index in [0.29, 0.717) is 12.1 Å².